The molecule has 0 fully saturated rings. The van der Waals surface area contributed by atoms with Gasteiger partial charge in [-0.1, -0.05) is 20.8 Å². The number of H-pyrrole nitrogens is 1. The molecule has 1 aliphatic carbocycles. The fraction of sp³-hybridized carbons (Fsp3) is 0.350. The van der Waals surface area contributed by atoms with Gasteiger partial charge in [-0.25, -0.2) is 9.78 Å². The van der Waals surface area contributed by atoms with Crippen molar-refractivity contribution in [2.75, 3.05) is 7.11 Å². The molecule has 3 aromatic rings. The zero-order valence-electron chi connectivity index (χ0n) is 15.7. The van der Waals surface area contributed by atoms with Gasteiger partial charge in [-0.15, -0.1) is 0 Å². The SMILES string of the molecule is COc1cccn2c3c(nc12)-c1[nH]c(=O)c(C(=O)O)cc1C(C(C)(C)C)C3. The minimum Gasteiger partial charge on any atom is -0.493 e. The molecule has 0 aromatic carbocycles. The zero-order valence-corrected chi connectivity index (χ0v) is 15.7. The normalized spacial score (nSPS) is 16.1. The van der Waals surface area contributed by atoms with Gasteiger partial charge in [-0.05, 0) is 41.5 Å². The van der Waals surface area contributed by atoms with Crippen LogP contribution in [0.25, 0.3) is 17.0 Å². The summed E-state index contributed by atoms with van der Waals surface area (Å²) in [6.07, 6.45) is 2.61. The van der Waals surface area contributed by atoms with Crippen LogP contribution in [0.4, 0.5) is 0 Å². The molecule has 0 bridgehead atoms. The van der Waals surface area contributed by atoms with Crippen molar-refractivity contribution >= 4 is 11.6 Å². The van der Waals surface area contributed by atoms with Crippen molar-refractivity contribution in [1.82, 2.24) is 14.4 Å². The van der Waals surface area contributed by atoms with Crippen LogP contribution in [0.1, 0.15) is 48.3 Å². The van der Waals surface area contributed by atoms with Crippen LogP contribution < -0.4 is 10.3 Å². The van der Waals surface area contributed by atoms with E-state index in [-0.39, 0.29) is 16.9 Å². The number of fused-ring (bicyclic) bond motifs is 5. The Kier molecular flexibility index (Phi) is 3.66. The monoisotopic (exact) mass is 367 g/mol. The molecule has 1 unspecified atom stereocenters. The number of carboxylic acids is 1. The summed E-state index contributed by atoms with van der Waals surface area (Å²) in [5.41, 5.74) is 2.74. The third kappa shape index (κ3) is 2.53. The first-order valence-corrected chi connectivity index (χ1v) is 8.77. The molecule has 0 saturated carbocycles. The lowest BCUT2D eigenvalue weighted by molar-refractivity contribution is 0.0694. The number of imidazole rings is 1. The number of aromatic amines is 1. The summed E-state index contributed by atoms with van der Waals surface area (Å²) in [6, 6.07) is 5.24. The molecular weight excluding hydrogens is 346 g/mol. The number of aromatic nitrogens is 3. The van der Waals surface area contributed by atoms with Crippen molar-refractivity contribution in [3.63, 3.8) is 0 Å². The van der Waals surface area contributed by atoms with E-state index in [0.29, 0.717) is 29.2 Å². The lowest BCUT2D eigenvalue weighted by Crippen LogP contribution is -2.29. The van der Waals surface area contributed by atoms with Crippen molar-refractivity contribution in [3.05, 3.63) is 51.6 Å². The number of carboxylic acid groups (broad SMARTS) is 1. The van der Waals surface area contributed by atoms with E-state index in [0.717, 1.165) is 11.3 Å². The number of methoxy groups -OCH3 is 1. The second-order valence-corrected chi connectivity index (χ2v) is 7.95. The molecule has 0 saturated heterocycles. The maximum atomic E-state index is 12.3. The molecule has 0 aliphatic heterocycles. The summed E-state index contributed by atoms with van der Waals surface area (Å²) in [6.45, 7) is 6.34. The predicted molar refractivity (Wildman–Crippen MR) is 101 cm³/mol. The van der Waals surface area contributed by atoms with Crippen molar-refractivity contribution in [3.8, 4) is 17.1 Å². The number of pyridine rings is 2. The number of ether oxygens (including phenoxy) is 1. The largest absolute Gasteiger partial charge is 0.493 e. The highest BCUT2D eigenvalue weighted by atomic mass is 16.5. The third-order valence-corrected chi connectivity index (χ3v) is 5.29. The Morgan fingerprint density at radius 2 is 2.15 bits per heavy atom. The first-order chi connectivity index (χ1) is 12.7. The molecule has 7 heteroatoms. The van der Waals surface area contributed by atoms with E-state index in [1.165, 1.54) is 6.07 Å². The second-order valence-electron chi connectivity index (χ2n) is 7.95. The summed E-state index contributed by atoms with van der Waals surface area (Å²) in [5, 5.41) is 9.38. The summed E-state index contributed by atoms with van der Waals surface area (Å²) in [7, 11) is 1.59. The van der Waals surface area contributed by atoms with Gasteiger partial charge in [0.1, 0.15) is 11.3 Å². The highest BCUT2D eigenvalue weighted by Crippen LogP contribution is 2.46. The smallest absolute Gasteiger partial charge is 0.341 e. The number of carbonyl (C=O) groups is 1. The fourth-order valence-corrected chi connectivity index (χ4v) is 3.90. The van der Waals surface area contributed by atoms with Gasteiger partial charge in [-0.3, -0.25) is 4.79 Å². The molecule has 27 heavy (non-hydrogen) atoms. The number of nitrogens with one attached hydrogen (secondary N) is 1. The van der Waals surface area contributed by atoms with Gasteiger partial charge < -0.3 is 19.2 Å². The maximum Gasteiger partial charge on any atom is 0.341 e. The molecule has 4 rings (SSSR count). The van der Waals surface area contributed by atoms with E-state index < -0.39 is 11.5 Å². The summed E-state index contributed by atoms with van der Waals surface area (Å²) in [5.74, 6) is -0.555. The number of aromatic carboxylic acids is 1. The van der Waals surface area contributed by atoms with E-state index in [9.17, 15) is 14.7 Å². The first-order valence-electron chi connectivity index (χ1n) is 8.77. The first kappa shape index (κ1) is 17.3. The Bertz CT molecular complexity index is 1130. The second kappa shape index (κ2) is 5.70. The van der Waals surface area contributed by atoms with Crippen LogP contribution >= 0.6 is 0 Å². The van der Waals surface area contributed by atoms with Crippen LogP contribution in [0, 0.1) is 5.41 Å². The molecule has 7 nitrogen and oxygen atoms in total. The quantitative estimate of drug-likeness (QED) is 0.725. The molecular formula is C20H21N3O4. The third-order valence-electron chi connectivity index (χ3n) is 5.29. The number of hydrogen-bond donors (Lipinski definition) is 2. The molecule has 1 aliphatic rings. The average Bonchev–Trinajstić information content (AvgIpc) is 2.98. The molecule has 140 valence electrons. The van der Waals surface area contributed by atoms with E-state index in [2.05, 4.69) is 25.8 Å². The Hall–Kier alpha value is -3.09. The van der Waals surface area contributed by atoms with E-state index in [1.54, 1.807) is 7.11 Å². The molecule has 0 amide bonds. The predicted octanol–water partition coefficient (Wildman–Crippen LogP) is 3.08. The molecule has 0 spiro atoms. The standard InChI is InChI=1S/C20H21N3O4/c1-20(2,3)12-9-13-16(21-17-14(27-4)6-5-7-23(13)17)15-10(12)8-11(19(25)26)18(24)22-15/h5-8,12H,9H2,1-4H3,(H,22,24)(H,25,26). The topological polar surface area (TPSA) is 96.7 Å². The lowest BCUT2D eigenvalue weighted by atomic mass is 9.70. The van der Waals surface area contributed by atoms with E-state index in [4.69, 9.17) is 9.72 Å². The lowest BCUT2D eigenvalue weighted by Gasteiger charge is -2.35. The molecule has 3 aromatic heterocycles. The van der Waals surface area contributed by atoms with Gasteiger partial charge >= 0.3 is 5.97 Å². The van der Waals surface area contributed by atoms with Crippen LogP contribution in [0.2, 0.25) is 0 Å². The highest BCUT2D eigenvalue weighted by molar-refractivity contribution is 5.88. The van der Waals surface area contributed by atoms with Crippen LogP contribution in [-0.2, 0) is 6.42 Å². The van der Waals surface area contributed by atoms with Crippen molar-refractivity contribution in [2.24, 2.45) is 5.41 Å². The molecule has 1 atom stereocenters. The Labute approximate surface area is 155 Å². The zero-order chi connectivity index (χ0) is 19.5. The van der Waals surface area contributed by atoms with Gasteiger partial charge in [0.15, 0.2) is 11.4 Å². The minimum atomic E-state index is -1.23. The fourth-order valence-electron chi connectivity index (χ4n) is 3.90. The Morgan fingerprint density at radius 1 is 1.41 bits per heavy atom. The Balaban J connectivity index is 2.08. The van der Waals surface area contributed by atoms with E-state index >= 15 is 0 Å². The van der Waals surface area contributed by atoms with Gasteiger partial charge in [0.25, 0.3) is 5.56 Å². The van der Waals surface area contributed by atoms with Gasteiger partial charge in [0, 0.05) is 6.20 Å². The summed E-state index contributed by atoms with van der Waals surface area (Å²) in [4.78, 5) is 31.3. The van der Waals surface area contributed by atoms with Crippen molar-refractivity contribution in [1.29, 1.82) is 0 Å². The van der Waals surface area contributed by atoms with Crippen LogP contribution in [0.5, 0.6) is 5.75 Å². The number of hydrogen-bond acceptors (Lipinski definition) is 4. The van der Waals surface area contributed by atoms with Crippen molar-refractivity contribution in [2.45, 2.75) is 33.1 Å². The number of rotatable bonds is 2. The maximum absolute atomic E-state index is 12.3. The molecule has 2 N–H and O–H groups in total. The average molecular weight is 367 g/mol. The summed E-state index contributed by atoms with van der Waals surface area (Å²) >= 11 is 0. The molecule has 0 radical (unpaired) electrons. The van der Waals surface area contributed by atoms with Crippen LogP contribution in [-0.4, -0.2) is 32.6 Å². The molecule has 3 heterocycles. The minimum absolute atomic E-state index is 0.0288. The number of nitrogens with zero attached hydrogens (tertiary/aromatic N) is 2. The van der Waals surface area contributed by atoms with Crippen molar-refractivity contribution < 1.29 is 14.6 Å². The van der Waals surface area contributed by atoms with Gasteiger partial charge in [0.05, 0.1) is 18.5 Å². The van der Waals surface area contributed by atoms with E-state index in [1.807, 2.05) is 22.7 Å². The highest BCUT2D eigenvalue weighted by Gasteiger charge is 2.37. The van der Waals surface area contributed by atoms with Crippen LogP contribution in [0.3, 0.4) is 0 Å². The Morgan fingerprint density at radius 3 is 2.78 bits per heavy atom. The van der Waals surface area contributed by atoms with Crippen LogP contribution in [0.15, 0.2) is 29.2 Å². The van der Waals surface area contributed by atoms with Gasteiger partial charge in [0.2, 0.25) is 0 Å². The summed E-state index contributed by atoms with van der Waals surface area (Å²) < 4.78 is 7.41. The van der Waals surface area contributed by atoms with Gasteiger partial charge in [-0.2, -0.15) is 0 Å².